The van der Waals surface area contributed by atoms with Crippen molar-refractivity contribution in [2.24, 2.45) is 9.98 Å². The molecular weight excluding hydrogens is 336 g/mol. The van der Waals surface area contributed by atoms with Crippen LogP contribution < -0.4 is 14.8 Å². The van der Waals surface area contributed by atoms with Crippen LogP contribution in [0.3, 0.4) is 0 Å². The van der Waals surface area contributed by atoms with Crippen LogP contribution in [0.5, 0.6) is 11.5 Å². The molecule has 1 aromatic carbocycles. The highest BCUT2D eigenvalue weighted by atomic mass is 16.5. The van der Waals surface area contributed by atoms with Crippen LogP contribution in [-0.2, 0) is 0 Å². The molecule has 2 aliphatic rings. The summed E-state index contributed by atoms with van der Waals surface area (Å²) in [6.07, 6.45) is 1.69. The fourth-order valence-corrected chi connectivity index (χ4v) is 3.11. The Balaban J connectivity index is 1.71. The van der Waals surface area contributed by atoms with Crippen molar-refractivity contribution in [1.82, 2.24) is 4.90 Å². The van der Waals surface area contributed by atoms with E-state index in [-0.39, 0.29) is 5.91 Å². The average molecular weight is 354 g/mol. The lowest BCUT2D eigenvalue weighted by molar-refractivity contribution is 0.102. The van der Waals surface area contributed by atoms with E-state index >= 15 is 0 Å². The molecule has 0 radical (unpaired) electrons. The van der Waals surface area contributed by atoms with Gasteiger partial charge in [0.2, 0.25) is 5.88 Å². The van der Waals surface area contributed by atoms with E-state index in [1.165, 1.54) is 7.11 Å². The summed E-state index contributed by atoms with van der Waals surface area (Å²) in [7, 11) is 3.11. The van der Waals surface area contributed by atoms with Crippen molar-refractivity contribution in [3.8, 4) is 11.5 Å². The van der Waals surface area contributed by atoms with E-state index in [1.807, 2.05) is 4.90 Å². The third-order valence-corrected chi connectivity index (χ3v) is 4.36. The van der Waals surface area contributed by atoms with Crippen LogP contribution in [0.1, 0.15) is 21.7 Å². The molecule has 3 heterocycles. The lowest BCUT2D eigenvalue weighted by atomic mass is 10.1. The standard InChI is InChI=1S/C18H18N4O4/c1-10-14(15-16-19-6-7-22(16)9-20-18(15)26-10)17(23)21-12-5-4-11(24-2)8-13(12)25-3/h4-5,8-9H,6-7H2,1-3H3,(H,21,23). The summed E-state index contributed by atoms with van der Waals surface area (Å²) in [5.41, 5.74) is 1.60. The third-order valence-electron chi connectivity index (χ3n) is 4.36. The predicted octanol–water partition coefficient (Wildman–Crippen LogP) is 2.59. The summed E-state index contributed by atoms with van der Waals surface area (Å²) in [4.78, 5) is 23.7. The Kier molecular flexibility index (Phi) is 3.87. The number of rotatable bonds is 4. The van der Waals surface area contributed by atoms with Gasteiger partial charge in [-0.1, -0.05) is 0 Å². The van der Waals surface area contributed by atoms with Crippen molar-refractivity contribution in [3.63, 3.8) is 0 Å². The molecule has 2 aliphatic heterocycles. The number of furan rings is 1. The first-order valence-electron chi connectivity index (χ1n) is 8.14. The number of aliphatic imine (C=N–C) groups is 2. The molecule has 1 N–H and O–H groups in total. The van der Waals surface area contributed by atoms with Gasteiger partial charge in [0.1, 0.15) is 29.4 Å². The number of hydrogen-bond acceptors (Lipinski definition) is 7. The highest BCUT2D eigenvalue weighted by molar-refractivity contribution is 6.19. The summed E-state index contributed by atoms with van der Waals surface area (Å²) in [6.45, 7) is 3.15. The number of nitrogens with zero attached hydrogens (tertiary/aromatic N) is 3. The fraction of sp³-hybridized carbons (Fsp3) is 0.278. The zero-order chi connectivity index (χ0) is 18.3. The van der Waals surface area contributed by atoms with Gasteiger partial charge in [-0.15, -0.1) is 0 Å². The Morgan fingerprint density at radius 3 is 2.92 bits per heavy atom. The fourth-order valence-electron chi connectivity index (χ4n) is 3.11. The summed E-state index contributed by atoms with van der Waals surface area (Å²) < 4.78 is 16.2. The van der Waals surface area contributed by atoms with Crippen LogP contribution in [0.2, 0.25) is 0 Å². The Bertz CT molecular complexity index is 945. The molecule has 26 heavy (non-hydrogen) atoms. The van der Waals surface area contributed by atoms with E-state index in [4.69, 9.17) is 13.9 Å². The number of nitrogens with one attached hydrogen (secondary N) is 1. The van der Waals surface area contributed by atoms with E-state index in [0.717, 1.165) is 12.4 Å². The average Bonchev–Trinajstić information content (AvgIpc) is 3.24. The van der Waals surface area contributed by atoms with Crippen molar-refractivity contribution >= 4 is 29.7 Å². The molecule has 0 saturated carbocycles. The van der Waals surface area contributed by atoms with E-state index in [9.17, 15) is 4.79 Å². The molecule has 8 heteroatoms. The zero-order valence-electron chi connectivity index (χ0n) is 14.7. The van der Waals surface area contributed by atoms with Gasteiger partial charge >= 0.3 is 0 Å². The van der Waals surface area contributed by atoms with Gasteiger partial charge in [0.25, 0.3) is 5.91 Å². The predicted molar refractivity (Wildman–Crippen MR) is 97.2 cm³/mol. The minimum Gasteiger partial charge on any atom is -0.497 e. The molecule has 0 atom stereocenters. The first-order chi connectivity index (χ1) is 12.6. The first-order valence-corrected chi connectivity index (χ1v) is 8.14. The SMILES string of the molecule is COc1ccc(NC(=O)c2c(C)oc3c2C2=NCCN2C=N3)c(OC)c1. The Labute approximate surface area is 150 Å². The second kappa shape index (κ2) is 6.21. The molecule has 0 aliphatic carbocycles. The van der Waals surface area contributed by atoms with Crippen molar-refractivity contribution in [1.29, 1.82) is 0 Å². The van der Waals surface area contributed by atoms with Gasteiger partial charge in [0.15, 0.2) is 0 Å². The number of amides is 1. The minimum absolute atomic E-state index is 0.303. The van der Waals surface area contributed by atoms with Gasteiger partial charge in [-0.05, 0) is 19.1 Å². The maximum Gasteiger partial charge on any atom is 0.260 e. The van der Waals surface area contributed by atoms with Crippen LogP contribution in [0.25, 0.3) is 0 Å². The molecule has 1 aromatic heterocycles. The molecule has 0 bridgehead atoms. The number of carbonyl (C=O) groups is 1. The summed E-state index contributed by atoms with van der Waals surface area (Å²) in [5, 5.41) is 2.88. The number of hydrogen-bond donors (Lipinski definition) is 1. The number of aryl methyl sites for hydroxylation is 1. The second-order valence-electron chi connectivity index (χ2n) is 5.88. The Hall–Kier alpha value is -3.29. The van der Waals surface area contributed by atoms with E-state index in [2.05, 4.69) is 15.3 Å². The lowest BCUT2D eigenvalue weighted by Crippen LogP contribution is -2.30. The maximum absolute atomic E-state index is 13.0. The Morgan fingerprint density at radius 2 is 2.15 bits per heavy atom. The number of fused-ring (bicyclic) bond motifs is 3. The lowest BCUT2D eigenvalue weighted by Gasteiger charge is -2.18. The van der Waals surface area contributed by atoms with E-state index < -0.39 is 0 Å². The minimum atomic E-state index is -0.303. The van der Waals surface area contributed by atoms with Crippen molar-refractivity contribution < 1.29 is 18.7 Å². The molecule has 2 aromatic rings. The molecule has 0 fully saturated rings. The zero-order valence-corrected chi connectivity index (χ0v) is 14.7. The second-order valence-corrected chi connectivity index (χ2v) is 5.88. The summed E-state index contributed by atoms with van der Waals surface area (Å²) in [6, 6.07) is 5.19. The van der Waals surface area contributed by atoms with E-state index in [1.54, 1.807) is 38.6 Å². The molecule has 134 valence electrons. The normalized spacial score (nSPS) is 14.6. The molecular formula is C18H18N4O4. The molecule has 0 saturated heterocycles. The topological polar surface area (TPSA) is 88.7 Å². The number of ether oxygens (including phenoxy) is 2. The van der Waals surface area contributed by atoms with Gasteiger partial charge in [0.05, 0.1) is 37.6 Å². The van der Waals surface area contributed by atoms with Crippen molar-refractivity contribution in [3.05, 3.63) is 35.1 Å². The number of amidine groups is 1. The van der Waals surface area contributed by atoms with Crippen LogP contribution >= 0.6 is 0 Å². The number of benzene rings is 1. The third kappa shape index (κ3) is 2.50. The molecule has 0 spiro atoms. The van der Waals surface area contributed by atoms with Crippen LogP contribution in [0.4, 0.5) is 11.6 Å². The maximum atomic E-state index is 13.0. The summed E-state index contributed by atoms with van der Waals surface area (Å²) in [5.74, 6) is 2.47. The largest absolute Gasteiger partial charge is 0.497 e. The van der Waals surface area contributed by atoms with E-state index in [0.29, 0.717) is 46.5 Å². The van der Waals surface area contributed by atoms with Gasteiger partial charge in [-0.25, -0.2) is 4.99 Å². The van der Waals surface area contributed by atoms with Crippen LogP contribution in [-0.4, -0.2) is 50.3 Å². The Morgan fingerprint density at radius 1 is 1.31 bits per heavy atom. The quantitative estimate of drug-likeness (QED) is 0.912. The van der Waals surface area contributed by atoms with Crippen LogP contribution in [0, 0.1) is 6.92 Å². The van der Waals surface area contributed by atoms with Crippen LogP contribution in [0.15, 0.2) is 32.6 Å². The number of anilines is 1. The van der Waals surface area contributed by atoms with Gasteiger partial charge in [-0.2, -0.15) is 0 Å². The smallest absolute Gasteiger partial charge is 0.260 e. The molecule has 8 nitrogen and oxygen atoms in total. The first kappa shape index (κ1) is 16.2. The number of carbonyl (C=O) groups excluding carboxylic acids is 1. The van der Waals surface area contributed by atoms with Gasteiger partial charge in [0, 0.05) is 12.6 Å². The molecule has 0 unspecified atom stereocenters. The number of methoxy groups -OCH3 is 2. The molecule has 4 rings (SSSR count). The van der Waals surface area contributed by atoms with Gasteiger partial charge < -0.3 is 24.1 Å². The van der Waals surface area contributed by atoms with Crippen molar-refractivity contribution in [2.45, 2.75) is 6.92 Å². The van der Waals surface area contributed by atoms with Crippen molar-refractivity contribution in [2.75, 3.05) is 32.6 Å². The highest BCUT2D eigenvalue weighted by Gasteiger charge is 2.33. The monoisotopic (exact) mass is 354 g/mol. The van der Waals surface area contributed by atoms with Gasteiger partial charge in [-0.3, -0.25) is 9.79 Å². The molecule has 1 amide bonds. The highest BCUT2D eigenvalue weighted by Crippen LogP contribution is 2.36. The summed E-state index contributed by atoms with van der Waals surface area (Å²) >= 11 is 0.